The van der Waals surface area contributed by atoms with E-state index in [-0.39, 0.29) is 22.6 Å². The monoisotopic (exact) mass is 440 g/mol. The molecule has 3 aromatic rings. The van der Waals surface area contributed by atoms with Crippen LogP contribution in [0.15, 0.2) is 41.7 Å². The Balaban J connectivity index is 1.52. The number of alkyl halides is 3. The molecule has 0 bridgehead atoms. The molecule has 3 aromatic heterocycles. The SMILES string of the molecule is O=c1c(Cl)c(Nc2cnn(CC3CCCO3)c2)cnn1-c1ccc(C(F)(F)F)cn1. The van der Waals surface area contributed by atoms with Crippen LogP contribution in [-0.2, 0) is 17.5 Å². The summed E-state index contributed by atoms with van der Waals surface area (Å²) in [6, 6.07) is 1.87. The summed E-state index contributed by atoms with van der Waals surface area (Å²) < 4.78 is 46.2. The van der Waals surface area contributed by atoms with E-state index in [1.807, 2.05) is 0 Å². The van der Waals surface area contributed by atoms with E-state index < -0.39 is 17.3 Å². The van der Waals surface area contributed by atoms with E-state index in [1.165, 1.54) is 6.20 Å². The minimum atomic E-state index is -4.52. The van der Waals surface area contributed by atoms with Gasteiger partial charge in [-0.3, -0.25) is 9.48 Å². The van der Waals surface area contributed by atoms with Crippen LogP contribution in [-0.4, -0.2) is 37.3 Å². The van der Waals surface area contributed by atoms with Crippen molar-refractivity contribution in [1.82, 2.24) is 24.5 Å². The Kier molecular flexibility index (Phi) is 5.48. The van der Waals surface area contributed by atoms with E-state index in [0.29, 0.717) is 18.4 Å². The molecule has 4 heterocycles. The molecule has 8 nitrogen and oxygen atoms in total. The lowest BCUT2D eigenvalue weighted by Gasteiger charge is -2.10. The molecule has 0 aromatic carbocycles. The molecule has 0 radical (unpaired) electrons. The van der Waals surface area contributed by atoms with Crippen LogP contribution in [0.25, 0.3) is 5.82 Å². The lowest BCUT2D eigenvalue weighted by molar-refractivity contribution is -0.137. The molecular weight excluding hydrogens is 425 g/mol. The average molecular weight is 441 g/mol. The second-order valence-corrected chi connectivity index (χ2v) is 7.08. The highest BCUT2D eigenvalue weighted by Gasteiger charge is 2.30. The third-order valence-corrected chi connectivity index (χ3v) is 4.90. The smallest absolute Gasteiger partial charge is 0.376 e. The summed E-state index contributed by atoms with van der Waals surface area (Å²) in [5, 5.41) is 11.0. The molecule has 0 aliphatic carbocycles. The fourth-order valence-corrected chi connectivity index (χ4v) is 3.22. The molecular formula is C18H16ClF3N6O2. The molecule has 30 heavy (non-hydrogen) atoms. The van der Waals surface area contributed by atoms with E-state index >= 15 is 0 Å². The van der Waals surface area contributed by atoms with Crippen molar-refractivity contribution in [2.45, 2.75) is 31.7 Å². The van der Waals surface area contributed by atoms with E-state index in [4.69, 9.17) is 16.3 Å². The highest BCUT2D eigenvalue weighted by atomic mass is 35.5. The molecule has 1 saturated heterocycles. The van der Waals surface area contributed by atoms with Crippen molar-refractivity contribution < 1.29 is 17.9 Å². The molecule has 1 fully saturated rings. The summed E-state index contributed by atoms with van der Waals surface area (Å²) in [6.07, 6.45) is 2.87. The number of rotatable bonds is 5. The van der Waals surface area contributed by atoms with Crippen LogP contribution in [0.3, 0.4) is 0 Å². The van der Waals surface area contributed by atoms with E-state index in [2.05, 4.69) is 20.5 Å². The van der Waals surface area contributed by atoms with Crippen molar-refractivity contribution in [1.29, 1.82) is 0 Å². The van der Waals surface area contributed by atoms with Gasteiger partial charge in [-0.25, -0.2) is 4.98 Å². The Bertz CT molecular complexity index is 1090. The maximum Gasteiger partial charge on any atom is 0.417 e. The zero-order valence-corrected chi connectivity index (χ0v) is 16.2. The van der Waals surface area contributed by atoms with Crippen LogP contribution in [0.2, 0.25) is 5.02 Å². The molecule has 1 atom stereocenters. The Hall–Kier alpha value is -2.92. The van der Waals surface area contributed by atoms with Gasteiger partial charge in [0.05, 0.1) is 42.0 Å². The largest absolute Gasteiger partial charge is 0.417 e. The van der Waals surface area contributed by atoms with Gasteiger partial charge in [0.2, 0.25) is 0 Å². The van der Waals surface area contributed by atoms with Gasteiger partial charge in [0.25, 0.3) is 5.56 Å². The third kappa shape index (κ3) is 4.31. The number of halogens is 4. The van der Waals surface area contributed by atoms with Crippen molar-refractivity contribution in [3.05, 3.63) is 57.9 Å². The average Bonchev–Trinajstić information content (AvgIpc) is 3.38. The summed E-state index contributed by atoms with van der Waals surface area (Å²) in [4.78, 5) is 16.2. The van der Waals surface area contributed by atoms with Crippen LogP contribution in [0.5, 0.6) is 0 Å². The fourth-order valence-electron chi connectivity index (χ4n) is 3.04. The molecule has 1 N–H and O–H groups in total. The van der Waals surface area contributed by atoms with Crippen LogP contribution in [0.4, 0.5) is 24.5 Å². The number of ether oxygens (including phenoxy) is 1. The fraction of sp³-hybridized carbons (Fsp3) is 0.333. The van der Waals surface area contributed by atoms with Crippen molar-refractivity contribution in [2.24, 2.45) is 0 Å². The van der Waals surface area contributed by atoms with Gasteiger partial charge in [-0.2, -0.15) is 28.1 Å². The first-order valence-corrected chi connectivity index (χ1v) is 9.41. The Labute approximate surface area is 173 Å². The zero-order valence-electron chi connectivity index (χ0n) is 15.4. The molecule has 0 spiro atoms. The van der Waals surface area contributed by atoms with Crippen LogP contribution < -0.4 is 10.9 Å². The van der Waals surface area contributed by atoms with Gasteiger partial charge in [-0.05, 0) is 25.0 Å². The summed E-state index contributed by atoms with van der Waals surface area (Å²) >= 11 is 6.16. The lowest BCUT2D eigenvalue weighted by Crippen LogP contribution is -2.23. The number of nitrogens with zero attached hydrogens (tertiary/aromatic N) is 5. The Morgan fingerprint density at radius 1 is 1.23 bits per heavy atom. The van der Waals surface area contributed by atoms with Gasteiger partial charge in [0.1, 0.15) is 5.02 Å². The first kappa shape index (κ1) is 20.4. The minimum absolute atomic E-state index is 0.0779. The first-order valence-electron chi connectivity index (χ1n) is 9.04. The molecule has 158 valence electrons. The predicted molar refractivity (Wildman–Crippen MR) is 102 cm³/mol. The molecule has 12 heteroatoms. The number of aromatic nitrogens is 5. The standard InChI is InChI=1S/C18H16ClF3N6O2/c19-16-14(26-12-7-24-27(9-12)10-13-2-1-5-30-13)8-25-28(17(16)29)15-4-3-11(6-23-15)18(20,21)22/h3-4,6-9,13,26H,1-2,5,10H2. The number of pyridine rings is 1. The first-order chi connectivity index (χ1) is 14.3. The lowest BCUT2D eigenvalue weighted by atomic mass is 10.2. The van der Waals surface area contributed by atoms with Gasteiger partial charge in [0, 0.05) is 19.0 Å². The number of hydrogen-bond acceptors (Lipinski definition) is 6. The van der Waals surface area contributed by atoms with Gasteiger partial charge in [-0.15, -0.1) is 0 Å². The van der Waals surface area contributed by atoms with Crippen LogP contribution in [0.1, 0.15) is 18.4 Å². The van der Waals surface area contributed by atoms with E-state index in [1.54, 1.807) is 17.1 Å². The Morgan fingerprint density at radius 3 is 2.73 bits per heavy atom. The summed E-state index contributed by atoms with van der Waals surface area (Å²) in [5.41, 5.74) is -0.813. The summed E-state index contributed by atoms with van der Waals surface area (Å²) in [5.74, 6) is -0.0779. The van der Waals surface area contributed by atoms with Gasteiger partial charge in [0.15, 0.2) is 5.82 Å². The summed E-state index contributed by atoms with van der Waals surface area (Å²) in [6.45, 7) is 1.37. The number of nitrogens with one attached hydrogen (secondary N) is 1. The third-order valence-electron chi connectivity index (χ3n) is 4.54. The number of hydrogen-bond donors (Lipinski definition) is 1. The minimum Gasteiger partial charge on any atom is -0.376 e. The highest BCUT2D eigenvalue weighted by molar-refractivity contribution is 6.33. The summed E-state index contributed by atoms with van der Waals surface area (Å²) in [7, 11) is 0. The van der Waals surface area contributed by atoms with Crippen molar-refractivity contribution in [3.63, 3.8) is 0 Å². The Morgan fingerprint density at radius 2 is 2.07 bits per heavy atom. The molecule has 0 saturated carbocycles. The molecule has 1 aliphatic rings. The van der Waals surface area contributed by atoms with E-state index in [0.717, 1.165) is 36.3 Å². The van der Waals surface area contributed by atoms with Gasteiger partial charge < -0.3 is 10.1 Å². The normalized spacial score (nSPS) is 16.7. The van der Waals surface area contributed by atoms with Crippen LogP contribution in [0, 0.1) is 0 Å². The second kappa shape index (κ2) is 8.07. The maximum atomic E-state index is 12.7. The van der Waals surface area contributed by atoms with Gasteiger partial charge >= 0.3 is 6.18 Å². The molecule has 1 aliphatic heterocycles. The topological polar surface area (TPSA) is 86.9 Å². The quantitative estimate of drug-likeness (QED) is 0.654. The van der Waals surface area contributed by atoms with Crippen molar-refractivity contribution in [2.75, 3.05) is 11.9 Å². The predicted octanol–water partition coefficient (Wildman–Crippen LogP) is 3.42. The van der Waals surface area contributed by atoms with Crippen LogP contribution >= 0.6 is 11.6 Å². The second-order valence-electron chi connectivity index (χ2n) is 6.70. The number of anilines is 2. The zero-order chi connectivity index (χ0) is 21.3. The maximum absolute atomic E-state index is 12.7. The molecule has 1 unspecified atom stereocenters. The van der Waals surface area contributed by atoms with Crippen molar-refractivity contribution >= 4 is 23.0 Å². The van der Waals surface area contributed by atoms with Gasteiger partial charge in [-0.1, -0.05) is 11.6 Å². The van der Waals surface area contributed by atoms with E-state index in [9.17, 15) is 18.0 Å². The van der Waals surface area contributed by atoms with Crippen molar-refractivity contribution in [3.8, 4) is 5.82 Å². The molecule has 0 amide bonds. The highest BCUT2D eigenvalue weighted by Crippen LogP contribution is 2.28. The molecule has 4 rings (SSSR count).